The molecule has 0 aliphatic carbocycles. The summed E-state index contributed by atoms with van der Waals surface area (Å²) in [6.45, 7) is 2.24. The van der Waals surface area contributed by atoms with Gasteiger partial charge in [0, 0.05) is 26.2 Å². The summed E-state index contributed by atoms with van der Waals surface area (Å²) in [6.07, 6.45) is 3.56. The molecule has 6 heteroatoms. The van der Waals surface area contributed by atoms with Gasteiger partial charge in [-0.1, -0.05) is 0 Å². The molecule has 2 N–H and O–H groups in total. The average molecular weight is 256 g/mol. The molecule has 2 fully saturated rings. The lowest BCUT2D eigenvalue weighted by Crippen LogP contribution is -2.48. The van der Waals surface area contributed by atoms with E-state index in [4.69, 9.17) is 9.84 Å². The van der Waals surface area contributed by atoms with E-state index in [1.165, 1.54) is 0 Å². The minimum absolute atomic E-state index is 0.119. The molecule has 18 heavy (non-hydrogen) atoms. The Bertz CT molecular complexity index is 315. The quantitative estimate of drug-likeness (QED) is 0.778. The van der Waals surface area contributed by atoms with Gasteiger partial charge in [-0.05, 0) is 25.7 Å². The van der Waals surface area contributed by atoms with E-state index in [1.807, 2.05) is 0 Å². The van der Waals surface area contributed by atoms with Crippen LogP contribution in [-0.2, 0) is 9.53 Å². The van der Waals surface area contributed by atoms with Crippen molar-refractivity contribution in [3.05, 3.63) is 0 Å². The van der Waals surface area contributed by atoms with Crippen LogP contribution in [0.3, 0.4) is 0 Å². The highest BCUT2D eigenvalue weighted by Gasteiger charge is 2.28. The Labute approximate surface area is 106 Å². The van der Waals surface area contributed by atoms with Crippen molar-refractivity contribution in [3.63, 3.8) is 0 Å². The molecule has 2 saturated heterocycles. The first-order chi connectivity index (χ1) is 8.66. The van der Waals surface area contributed by atoms with Crippen LogP contribution < -0.4 is 5.32 Å². The third-order valence-electron chi connectivity index (χ3n) is 3.56. The number of nitrogens with one attached hydrogen (secondary N) is 1. The smallest absolute Gasteiger partial charge is 0.317 e. The maximum absolute atomic E-state index is 11.9. The van der Waals surface area contributed by atoms with E-state index in [9.17, 15) is 9.59 Å². The summed E-state index contributed by atoms with van der Waals surface area (Å²) in [6, 6.07) is -0.170. The van der Waals surface area contributed by atoms with Gasteiger partial charge >= 0.3 is 12.0 Å². The number of carboxylic acids is 1. The van der Waals surface area contributed by atoms with Crippen LogP contribution in [0, 0.1) is 5.92 Å². The fraction of sp³-hybridized carbons (Fsp3) is 0.833. The van der Waals surface area contributed by atoms with Gasteiger partial charge in [-0.25, -0.2) is 4.79 Å². The second-order valence-electron chi connectivity index (χ2n) is 4.94. The van der Waals surface area contributed by atoms with Crippen LogP contribution in [0.15, 0.2) is 0 Å². The van der Waals surface area contributed by atoms with Gasteiger partial charge in [0.2, 0.25) is 0 Å². The first-order valence-electron chi connectivity index (χ1n) is 6.54. The number of urea groups is 1. The van der Waals surface area contributed by atoms with E-state index in [-0.39, 0.29) is 12.1 Å². The highest BCUT2D eigenvalue weighted by molar-refractivity contribution is 5.76. The van der Waals surface area contributed by atoms with Gasteiger partial charge in [0.05, 0.1) is 12.0 Å². The number of carbonyl (C=O) groups is 2. The van der Waals surface area contributed by atoms with E-state index in [0.29, 0.717) is 26.1 Å². The van der Waals surface area contributed by atoms with Crippen molar-refractivity contribution < 1.29 is 19.4 Å². The van der Waals surface area contributed by atoms with Crippen molar-refractivity contribution in [2.24, 2.45) is 5.92 Å². The first-order valence-corrected chi connectivity index (χ1v) is 6.54. The minimum atomic E-state index is -0.813. The highest BCUT2D eigenvalue weighted by atomic mass is 16.5. The molecule has 6 nitrogen and oxygen atoms in total. The third-order valence-corrected chi connectivity index (χ3v) is 3.56. The number of carboxylic acid groups (broad SMARTS) is 1. The number of hydrogen-bond donors (Lipinski definition) is 2. The molecule has 0 bridgehead atoms. The number of carbonyl (C=O) groups excluding carboxylic acids is 1. The lowest BCUT2D eigenvalue weighted by molar-refractivity contribution is -0.143. The van der Waals surface area contributed by atoms with Gasteiger partial charge in [0.15, 0.2) is 0 Å². The molecule has 2 amide bonds. The van der Waals surface area contributed by atoms with Crippen molar-refractivity contribution in [3.8, 4) is 0 Å². The van der Waals surface area contributed by atoms with Gasteiger partial charge in [0.1, 0.15) is 0 Å². The van der Waals surface area contributed by atoms with Gasteiger partial charge in [0.25, 0.3) is 0 Å². The standard InChI is InChI=1S/C12H20N2O4/c15-11(16)9-3-1-5-14(8-9)12(17)13-7-10-4-2-6-18-10/h9-10H,1-8H2,(H,13,17)(H,15,16)/t9?,10-/m1/s1. The van der Waals surface area contributed by atoms with E-state index >= 15 is 0 Å². The van der Waals surface area contributed by atoms with Crippen LogP contribution in [0.5, 0.6) is 0 Å². The van der Waals surface area contributed by atoms with Crippen molar-refractivity contribution in [2.75, 3.05) is 26.2 Å². The molecule has 2 heterocycles. The lowest BCUT2D eigenvalue weighted by Gasteiger charge is -2.31. The SMILES string of the molecule is O=C(O)C1CCCN(C(=O)NC[C@H]2CCCO2)C1. The number of ether oxygens (including phenoxy) is 1. The molecular weight excluding hydrogens is 236 g/mol. The van der Waals surface area contributed by atoms with E-state index in [1.54, 1.807) is 4.90 Å². The van der Waals surface area contributed by atoms with Crippen LogP contribution in [0.4, 0.5) is 4.79 Å². The molecule has 0 spiro atoms. The second-order valence-corrected chi connectivity index (χ2v) is 4.94. The fourth-order valence-electron chi connectivity index (χ4n) is 2.48. The molecule has 0 aromatic heterocycles. The summed E-state index contributed by atoms with van der Waals surface area (Å²) < 4.78 is 5.42. The number of hydrogen-bond acceptors (Lipinski definition) is 3. The zero-order chi connectivity index (χ0) is 13.0. The van der Waals surface area contributed by atoms with Crippen molar-refractivity contribution in [1.82, 2.24) is 10.2 Å². The molecule has 0 aromatic carbocycles. The minimum Gasteiger partial charge on any atom is -0.481 e. The van der Waals surface area contributed by atoms with Crippen molar-refractivity contribution >= 4 is 12.0 Å². The van der Waals surface area contributed by atoms with Crippen molar-refractivity contribution in [1.29, 1.82) is 0 Å². The van der Waals surface area contributed by atoms with Crippen LogP contribution in [0.2, 0.25) is 0 Å². The number of amides is 2. The topological polar surface area (TPSA) is 78.9 Å². The van der Waals surface area contributed by atoms with Gasteiger partial charge in [-0.3, -0.25) is 4.79 Å². The predicted molar refractivity (Wildman–Crippen MR) is 64.3 cm³/mol. The largest absolute Gasteiger partial charge is 0.481 e. The average Bonchev–Trinajstić information content (AvgIpc) is 2.89. The first kappa shape index (κ1) is 13.1. The highest BCUT2D eigenvalue weighted by Crippen LogP contribution is 2.17. The van der Waals surface area contributed by atoms with Gasteiger partial charge < -0.3 is 20.1 Å². The Morgan fingerprint density at radius 3 is 2.83 bits per heavy atom. The van der Waals surface area contributed by atoms with Crippen LogP contribution >= 0.6 is 0 Å². The monoisotopic (exact) mass is 256 g/mol. The molecular formula is C12H20N2O4. The van der Waals surface area contributed by atoms with E-state index in [0.717, 1.165) is 25.9 Å². The lowest BCUT2D eigenvalue weighted by atomic mass is 9.99. The fourth-order valence-corrected chi connectivity index (χ4v) is 2.48. The molecule has 0 aromatic rings. The van der Waals surface area contributed by atoms with Gasteiger partial charge in [-0.15, -0.1) is 0 Å². The molecule has 2 rings (SSSR count). The normalized spacial score (nSPS) is 28.1. The Hall–Kier alpha value is -1.30. The maximum Gasteiger partial charge on any atom is 0.317 e. The summed E-state index contributed by atoms with van der Waals surface area (Å²) in [5.41, 5.74) is 0. The molecule has 102 valence electrons. The summed E-state index contributed by atoms with van der Waals surface area (Å²) in [7, 11) is 0. The number of aliphatic carboxylic acids is 1. The molecule has 1 unspecified atom stereocenters. The van der Waals surface area contributed by atoms with E-state index < -0.39 is 11.9 Å². The summed E-state index contributed by atoms with van der Waals surface area (Å²) in [4.78, 5) is 24.4. The molecule has 0 radical (unpaired) electrons. The van der Waals surface area contributed by atoms with Crippen LogP contribution in [0.25, 0.3) is 0 Å². The molecule has 2 atom stereocenters. The third kappa shape index (κ3) is 3.35. The molecule has 2 aliphatic heterocycles. The zero-order valence-electron chi connectivity index (χ0n) is 10.4. The summed E-state index contributed by atoms with van der Waals surface area (Å²) in [5.74, 6) is -1.24. The number of likely N-dealkylation sites (tertiary alicyclic amines) is 1. The van der Waals surface area contributed by atoms with Gasteiger partial charge in [-0.2, -0.15) is 0 Å². The second kappa shape index (κ2) is 6.04. The Balaban J connectivity index is 1.75. The maximum atomic E-state index is 11.9. The summed E-state index contributed by atoms with van der Waals surface area (Å²) >= 11 is 0. The Kier molecular flexibility index (Phi) is 4.41. The Morgan fingerprint density at radius 1 is 1.33 bits per heavy atom. The number of nitrogens with zero attached hydrogens (tertiary/aromatic N) is 1. The van der Waals surface area contributed by atoms with Crippen LogP contribution in [0.1, 0.15) is 25.7 Å². The summed E-state index contributed by atoms with van der Waals surface area (Å²) in [5, 5.41) is 11.8. The van der Waals surface area contributed by atoms with E-state index in [2.05, 4.69) is 5.32 Å². The zero-order valence-corrected chi connectivity index (χ0v) is 10.4. The molecule has 2 aliphatic rings. The predicted octanol–water partition coefficient (Wildman–Crippen LogP) is 0.672. The molecule has 0 saturated carbocycles. The van der Waals surface area contributed by atoms with Crippen LogP contribution in [-0.4, -0.2) is 54.4 Å². The number of piperidine rings is 1. The van der Waals surface area contributed by atoms with Crippen molar-refractivity contribution in [2.45, 2.75) is 31.8 Å². The Morgan fingerprint density at radius 2 is 2.17 bits per heavy atom. The number of rotatable bonds is 3.